The minimum Gasteiger partial charge on any atom is -0.396 e. The molecule has 1 amide bonds. The quantitative estimate of drug-likeness (QED) is 0.613. The Morgan fingerprint density at radius 1 is 1.29 bits per heavy atom. The Labute approximate surface area is 102 Å². The number of nitrogens with one attached hydrogen (secondary N) is 1. The van der Waals surface area contributed by atoms with Crippen LogP contribution >= 0.6 is 0 Å². The van der Waals surface area contributed by atoms with Gasteiger partial charge in [-0.1, -0.05) is 30.3 Å². The van der Waals surface area contributed by atoms with Gasteiger partial charge in [-0.05, 0) is 24.8 Å². The van der Waals surface area contributed by atoms with Gasteiger partial charge in [-0.2, -0.15) is 0 Å². The summed E-state index contributed by atoms with van der Waals surface area (Å²) in [6, 6.07) is 9.23. The van der Waals surface area contributed by atoms with Crippen LogP contribution in [-0.2, 0) is 11.3 Å². The number of carbonyl (C=O) groups is 1. The number of unbranched alkanes of at least 4 members (excludes halogenated alkanes) is 1. The first-order valence-corrected chi connectivity index (χ1v) is 5.92. The van der Waals surface area contributed by atoms with Crippen molar-refractivity contribution in [3.8, 4) is 0 Å². The molecule has 0 bridgehead atoms. The van der Waals surface area contributed by atoms with Gasteiger partial charge in [-0.3, -0.25) is 4.79 Å². The fraction of sp³-hybridized carbons (Fsp3) is 0.462. The second-order valence-corrected chi connectivity index (χ2v) is 4.03. The molecule has 0 radical (unpaired) electrons. The molecule has 1 aromatic rings. The smallest absolute Gasteiger partial charge is 0.237 e. The molecule has 4 nitrogen and oxygen atoms in total. The van der Waals surface area contributed by atoms with E-state index in [-0.39, 0.29) is 12.5 Å². The Bertz CT molecular complexity index is 327. The molecule has 1 atom stereocenters. The van der Waals surface area contributed by atoms with Crippen LogP contribution in [0.25, 0.3) is 0 Å². The summed E-state index contributed by atoms with van der Waals surface area (Å²) in [6.07, 6.45) is 2.08. The summed E-state index contributed by atoms with van der Waals surface area (Å²) in [5.41, 5.74) is 6.79. The lowest BCUT2D eigenvalue weighted by Crippen LogP contribution is -2.40. The number of aliphatic hydroxyl groups excluding tert-OH is 1. The monoisotopic (exact) mass is 236 g/mol. The van der Waals surface area contributed by atoms with Gasteiger partial charge >= 0.3 is 0 Å². The van der Waals surface area contributed by atoms with Crippen molar-refractivity contribution >= 4 is 5.91 Å². The molecular weight excluding hydrogens is 216 g/mol. The molecule has 1 unspecified atom stereocenters. The molecule has 0 aliphatic heterocycles. The van der Waals surface area contributed by atoms with Crippen LogP contribution in [0.4, 0.5) is 0 Å². The number of carbonyl (C=O) groups excluding carboxylic acids is 1. The second kappa shape index (κ2) is 7.81. The van der Waals surface area contributed by atoms with Crippen LogP contribution < -0.4 is 11.1 Å². The predicted molar refractivity (Wildman–Crippen MR) is 67.2 cm³/mol. The minimum absolute atomic E-state index is 0.133. The van der Waals surface area contributed by atoms with Crippen molar-refractivity contribution < 1.29 is 9.90 Å². The van der Waals surface area contributed by atoms with Crippen molar-refractivity contribution in [3.05, 3.63) is 35.9 Å². The van der Waals surface area contributed by atoms with E-state index in [0.717, 1.165) is 12.0 Å². The maximum absolute atomic E-state index is 11.6. The van der Waals surface area contributed by atoms with Gasteiger partial charge in [0.1, 0.15) is 0 Å². The van der Waals surface area contributed by atoms with Gasteiger partial charge in [-0.15, -0.1) is 0 Å². The average molecular weight is 236 g/mol. The molecule has 0 spiro atoms. The molecule has 94 valence electrons. The Balaban J connectivity index is 2.24. The third kappa shape index (κ3) is 5.47. The first-order chi connectivity index (χ1) is 8.24. The Morgan fingerprint density at radius 2 is 2.00 bits per heavy atom. The lowest BCUT2D eigenvalue weighted by Gasteiger charge is -2.11. The van der Waals surface area contributed by atoms with Crippen LogP contribution in [0.2, 0.25) is 0 Å². The highest BCUT2D eigenvalue weighted by atomic mass is 16.2. The highest BCUT2D eigenvalue weighted by Gasteiger charge is 2.11. The van der Waals surface area contributed by atoms with E-state index in [1.807, 2.05) is 30.3 Å². The van der Waals surface area contributed by atoms with E-state index < -0.39 is 6.04 Å². The molecule has 1 rings (SSSR count). The maximum atomic E-state index is 11.6. The standard InChI is InChI=1S/C13H20N2O2/c14-12(8-4-5-9-16)13(17)15-10-11-6-2-1-3-7-11/h1-3,6-7,12,16H,4-5,8-10,14H2,(H,15,17). The molecule has 17 heavy (non-hydrogen) atoms. The van der Waals surface area contributed by atoms with Gasteiger partial charge < -0.3 is 16.2 Å². The van der Waals surface area contributed by atoms with Crippen LogP contribution in [0.5, 0.6) is 0 Å². The normalized spacial score (nSPS) is 12.1. The zero-order valence-electron chi connectivity index (χ0n) is 9.93. The first kappa shape index (κ1) is 13.7. The summed E-state index contributed by atoms with van der Waals surface area (Å²) >= 11 is 0. The van der Waals surface area contributed by atoms with Gasteiger partial charge in [-0.25, -0.2) is 0 Å². The lowest BCUT2D eigenvalue weighted by molar-refractivity contribution is -0.122. The maximum Gasteiger partial charge on any atom is 0.237 e. The van der Waals surface area contributed by atoms with Crippen molar-refractivity contribution in [2.75, 3.05) is 6.61 Å². The fourth-order valence-corrected chi connectivity index (χ4v) is 1.52. The molecule has 0 heterocycles. The largest absolute Gasteiger partial charge is 0.396 e. The van der Waals surface area contributed by atoms with Crippen molar-refractivity contribution in [1.29, 1.82) is 0 Å². The van der Waals surface area contributed by atoms with Gasteiger partial charge in [0.05, 0.1) is 6.04 Å². The molecule has 0 aliphatic rings. The number of nitrogens with two attached hydrogens (primary N) is 1. The summed E-state index contributed by atoms with van der Waals surface area (Å²) in [6.45, 7) is 0.658. The molecule has 4 N–H and O–H groups in total. The molecule has 0 aromatic heterocycles. The Kier molecular flexibility index (Phi) is 6.29. The van der Waals surface area contributed by atoms with Gasteiger partial charge in [0, 0.05) is 13.2 Å². The fourth-order valence-electron chi connectivity index (χ4n) is 1.52. The van der Waals surface area contributed by atoms with E-state index in [2.05, 4.69) is 5.32 Å². The van der Waals surface area contributed by atoms with Crippen molar-refractivity contribution in [3.63, 3.8) is 0 Å². The van der Waals surface area contributed by atoms with Gasteiger partial charge in [0.2, 0.25) is 5.91 Å². The number of hydrogen-bond donors (Lipinski definition) is 3. The van der Waals surface area contributed by atoms with Gasteiger partial charge in [0.25, 0.3) is 0 Å². The zero-order chi connectivity index (χ0) is 12.5. The SMILES string of the molecule is NC(CCCCO)C(=O)NCc1ccccc1. The summed E-state index contributed by atoms with van der Waals surface area (Å²) < 4.78 is 0. The van der Waals surface area contributed by atoms with Crippen LogP contribution in [-0.4, -0.2) is 23.7 Å². The first-order valence-electron chi connectivity index (χ1n) is 5.92. The molecule has 0 saturated heterocycles. The number of aliphatic hydroxyl groups is 1. The van der Waals surface area contributed by atoms with Crippen molar-refractivity contribution in [2.45, 2.75) is 31.8 Å². The van der Waals surface area contributed by atoms with E-state index in [1.165, 1.54) is 0 Å². The third-order valence-corrected chi connectivity index (χ3v) is 2.57. The summed E-state index contributed by atoms with van der Waals surface area (Å²) in [5, 5.41) is 11.4. The Hall–Kier alpha value is -1.39. The molecule has 0 saturated carbocycles. The predicted octanol–water partition coefficient (Wildman–Crippen LogP) is 0.793. The number of amides is 1. The number of rotatable bonds is 7. The van der Waals surface area contributed by atoms with E-state index in [4.69, 9.17) is 10.8 Å². The number of hydrogen-bond acceptors (Lipinski definition) is 3. The molecule has 0 fully saturated rings. The summed E-state index contributed by atoms with van der Waals surface area (Å²) in [5.74, 6) is -0.133. The zero-order valence-corrected chi connectivity index (χ0v) is 9.93. The Morgan fingerprint density at radius 3 is 2.65 bits per heavy atom. The highest BCUT2D eigenvalue weighted by molar-refractivity contribution is 5.81. The van der Waals surface area contributed by atoms with Crippen molar-refractivity contribution in [1.82, 2.24) is 5.32 Å². The van der Waals surface area contributed by atoms with E-state index in [9.17, 15) is 4.79 Å². The molecule has 4 heteroatoms. The number of benzene rings is 1. The summed E-state index contributed by atoms with van der Waals surface area (Å²) in [7, 11) is 0. The van der Waals surface area contributed by atoms with E-state index in [0.29, 0.717) is 19.4 Å². The van der Waals surface area contributed by atoms with Crippen LogP contribution in [0.3, 0.4) is 0 Å². The summed E-state index contributed by atoms with van der Waals surface area (Å²) in [4.78, 5) is 11.6. The molecule has 0 aliphatic carbocycles. The van der Waals surface area contributed by atoms with Crippen LogP contribution in [0.15, 0.2) is 30.3 Å². The molecular formula is C13H20N2O2. The van der Waals surface area contributed by atoms with E-state index in [1.54, 1.807) is 0 Å². The topological polar surface area (TPSA) is 75.3 Å². The van der Waals surface area contributed by atoms with Gasteiger partial charge in [0.15, 0.2) is 0 Å². The van der Waals surface area contributed by atoms with Crippen LogP contribution in [0, 0.1) is 0 Å². The lowest BCUT2D eigenvalue weighted by atomic mass is 10.1. The average Bonchev–Trinajstić information content (AvgIpc) is 2.37. The second-order valence-electron chi connectivity index (χ2n) is 4.03. The van der Waals surface area contributed by atoms with E-state index >= 15 is 0 Å². The van der Waals surface area contributed by atoms with Crippen molar-refractivity contribution in [2.24, 2.45) is 5.73 Å². The minimum atomic E-state index is -0.481. The van der Waals surface area contributed by atoms with Crippen LogP contribution in [0.1, 0.15) is 24.8 Å². The highest BCUT2D eigenvalue weighted by Crippen LogP contribution is 2.00. The molecule has 1 aromatic carbocycles. The third-order valence-electron chi connectivity index (χ3n) is 2.57.